The summed E-state index contributed by atoms with van der Waals surface area (Å²) in [5.74, 6) is 0.719. The van der Waals surface area contributed by atoms with E-state index < -0.39 is 0 Å². The van der Waals surface area contributed by atoms with Crippen molar-refractivity contribution in [2.45, 2.75) is 0 Å². The van der Waals surface area contributed by atoms with E-state index >= 15 is 0 Å². The molecule has 0 aliphatic heterocycles. The Kier molecular flexibility index (Phi) is 7.64. The Morgan fingerprint density at radius 3 is 1.45 bits per heavy atom. The van der Waals surface area contributed by atoms with Gasteiger partial charge in [-0.25, -0.2) is 9.97 Å². The summed E-state index contributed by atoms with van der Waals surface area (Å²) >= 11 is 0. The van der Waals surface area contributed by atoms with Crippen molar-refractivity contribution in [1.29, 1.82) is 0 Å². The smallest absolute Gasteiger partial charge is 0.160 e. The predicted molar refractivity (Wildman–Crippen MR) is 261 cm³/mol. The summed E-state index contributed by atoms with van der Waals surface area (Å²) in [6, 6.07) is 79.5. The van der Waals surface area contributed by atoms with E-state index in [1.165, 1.54) is 81.7 Å². The molecule has 286 valence electrons. The molecule has 0 saturated carbocycles. The van der Waals surface area contributed by atoms with Crippen molar-refractivity contribution in [2.75, 3.05) is 0 Å². The molecule has 0 unspecified atom stereocenters. The fraction of sp³-hybridized carbons (Fsp3) is 0. The highest BCUT2D eigenvalue weighted by atomic mass is 14.9. The van der Waals surface area contributed by atoms with Crippen LogP contribution in [0.4, 0.5) is 0 Å². The van der Waals surface area contributed by atoms with Crippen LogP contribution in [0.5, 0.6) is 0 Å². The molecule has 2 heteroatoms. The largest absolute Gasteiger partial charge is 0.227 e. The summed E-state index contributed by atoms with van der Waals surface area (Å²) in [5.41, 5.74) is 14.6. The molecule has 1 heterocycles. The van der Waals surface area contributed by atoms with Crippen molar-refractivity contribution in [3.8, 4) is 78.4 Å². The van der Waals surface area contributed by atoms with Gasteiger partial charge < -0.3 is 0 Å². The molecule has 12 aromatic rings. The lowest BCUT2D eigenvalue weighted by Crippen LogP contribution is -1.98. The summed E-state index contributed by atoms with van der Waals surface area (Å²) in [5, 5.41) is 12.3. The van der Waals surface area contributed by atoms with Crippen LogP contribution in [0.15, 0.2) is 218 Å². The molecule has 62 heavy (non-hydrogen) atoms. The van der Waals surface area contributed by atoms with Crippen molar-refractivity contribution >= 4 is 53.9 Å². The van der Waals surface area contributed by atoms with E-state index in [0.29, 0.717) is 0 Å². The summed E-state index contributed by atoms with van der Waals surface area (Å²) in [7, 11) is 0. The Morgan fingerprint density at radius 2 is 0.742 bits per heavy atom. The zero-order valence-electron chi connectivity index (χ0n) is 33.7. The summed E-state index contributed by atoms with van der Waals surface area (Å²) < 4.78 is 0. The van der Waals surface area contributed by atoms with Crippen LogP contribution in [-0.4, -0.2) is 9.97 Å². The molecule has 1 aromatic heterocycles. The van der Waals surface area contributed by atoms with E-state index in [1.807, 2.05) is 0 Å². The molecule has 0 N–H and O–H groups in total. The van der Waals surface area contributed by atoms with E-state index in [1.54, 1.807) is 0 Å². The number of rotatable bonds is 5. The Hall–Kier alpha value is -8.20. The monoisotopic (exact) mass is 784 g/mol. The molecule has 1 aliphatic carbocycles. The molecule has 0 radical (unpaired) electrons. The minimum Gasteiger partial charge on any atom is -0.227 e. The van der Waals surface area contributed by atoms with Gasteiger partial charge in [0.1, 0.15) is 0 Å². The van der Waals surface area contributed by atoms with Crippen molar-refractivity contribution < 1.29 is 0 Å². The Balaban J connectivity index is 1.04. The minimum absolute atomic E-state index is 0.719. The first-order valence-electron chi connectivity index (χ1n) is 21.3. The van der Waals surface area contributed by atoms with Crippen LogP contribution in [-0.2, 0) is 0 Å². The third-order valence-corrected chi connectivity index (χ3v) is 12.9. The minimum atomic E-state index is 0.719. The van der Waals surface area contributed by atoms with E-state index in [2.05, 4.69) is 218 Å². The molecular formula is C60H36N2. The van der Waals surface area contributed by atoms with Crippen molar-refractivity contribution in [1.82, 2.24) is 9.97 Å². The molecule has 2 nitrogen and oxygen atoms in total. The molecule has 0 atom stereocenters. The summed E-state index contributed by atoms with van der Waals surface area (Å²) in [6.07, 6.45) is 0. The maximum atomic E-state index is 5.41. The first kappa shape index (κ1) is 34.6. The quantitative estimate of drug-likeness (QED) is 0.162. The van der Waals surface area contributed by atoms with Gasteiger partial charge in [0.25, 0.3) is 0 Å². The highest BCUT2D eigenvalue weighted by Gasteiger charge is 2.28. The molecule has 0 amide bonds. The second-order valence-electron chi connectivity index (χ2n) is 16.5. The van der Waals surface area contributed by atoms with E-state index in [0.717, 1.165) is 50.6 Å². The topological polar surface area (TPSA) is 25.8 Å². The van der Waals surface area contributed by atoms with Gasteiger partial charge in [-0.15, -0.1) is 0 Å². The summed E-state index contributed by atoms with van der Waals surface area (Å²) in [4.78, 5) is 10.8. The normalized spacial score (nSPS) is 11.9. The molecule has 13 rings (SSSR count). The van der Waals surface area contributed by atoms with Gasteiger partial charge in [0, 0.05) is 22.3 Å². The number of benzene rings is 11. The molecular weight excluding hydrogens is 749 g/mol. The van der Waals surface area contributed by atoms with Crippen LogP contribution >= 0.6 is 0 Å². The highest BCUT2D eigenvalue weighted by Crippen LogP contribution is 2.51. The zero-order valence-corrected chi connectivity index (χ0v) is 33.7. The molecule has 0 fully saturated rings. The van der Waals surface area contributed by atoms with Crippen LogP contribution < -0.4 is 0 Å². The van der Waals surface area contributed by atoms with Crippen molar-refractivity contribution in [3.63, 3.8) is 0 Å². The maximum Gasteiger partial charge on any atom is 0.160 e. The fourth-order valence-electron chi connectivity index (χ4n) is 10.1. The van der Waals surface area contributed by atoms with Gasteiger partial charge in [0.05, 0.1) is 11.4 Å². The second-order valence-corrected chi connectivity index (χ2v) is 16.5. The third kappa shape index (κ3) is 5.37. The lowest BCUT2D eigenvalue weighted by atomic mass is 9.84. The predicted octanol–water partition coefficient (Wildman–Crippen LogP) is 16.2. The second kappa shape index (κ2) is 13.7. The zero-order chi connectivity index (χ0) is 40.7. The van der Waals surface area contributed by atoms with Gasteiger partial charge in [-0.3, -0.25) is 0 Å². The molecule has 1 aliphatic rings. The van der Waals surface area contributed by atoms with Crippen LogP contribution in [0.2, 0.25) is 0 Å². The SMILES string of the molecule is c1ccc(-c2nc(-c3cccc(-c4ccc5c(-c6ccc7ccccc7c6)c6ccccc6c(-c6ccc7ccccc7c6)c5c4)c3)nc3c2-c2cccc4cccc-3c24)cc1. The molecule has 0 saturated heterocycles. The van der Waals surface area contributed by atoms with Gasteiger partial charge in [-0.2, -0.15) is 0 Å². The van der Waals surface area contributed by atoms with Gasteiger partial charge in [-0.05, 0) is 117 Å². The van der Waals surface area contributed by atoms with Crippen molar-refractivity contribution in [2.24, 2.45) is 0 Å². The van der Waals surface area contributed by atoms with E-state index in [9.17, 15) is 0 Å². The van der Waals surface area contributed by atoms with Crippen LogP contribution in [0.1, 0.15) is 0 Å². The average molecular weight is 785 g/mol. The Labute approximate surface area is 359 Å². The molecule has 0 spiro atoms. The number of hydrogen-bond acceptors (Lipinski definition) is 2. The van der Waals surface area contributed by atoms with Gasteiger partial charge >= 0.3 is 0 Å². The standard InChI is InChI=1S/C60H36N2/c1-2-15-40(16-3-1)58-57-51-25-11-19-39-20-12-26-52(54(39)51)59(57)62-60(61-58)47-22-10-21-43(35-47)44-31-32-50-53(36-44)56(46-30-28-38-14-5-7-18-42(38)34-46)49-24-9-8-23-48(49)55(50)45-29-27-37-13-4-6-17-41(37)33-45/h1-36H. The molecule has 0 bridgehead atoms. The lowest BCUT2D eigenvalue weighted by Gasteiger charge is -2.19. The van der Waals surface area contributed by atoms with Crippen LogP contribution in [0, 0.1) is 0 Å². The maximum absolute atomic E-state index is 5.41. The Morgan fingerprint density at radius 1 is 0.242 bits per heavy atom. The number of aromatic nitrogens is 2. The average Bonchev–Trinajstić information content (AvgIpc) is 3.67. The first-order valence-corrected chi connectivity index (χ1v) is 21.3. The van der Waals surface area contributed by atoms with Gasteiger partial charge in [0.15, 0.2) is 5.82 Å². The number of hydrogen-bond donors (Lipinski definition) is 0. The van der Waals surface area contributed by atoms with Gasteiger partial charge in [-0.1, -0.05) is 194 Å². The van der Waals surface area contributed by atoms with Crippen molar-refractivity contribution in [3.05, 3.63) is 218 Å². The van der Waals surface area contributed by atoms with E-state index in [-0.39, 0.29) is 0 Å². The van der Waals surface area contributed by atoms with Crippen LogP contribution in [0.25, 0.3) is 132 Å². The highest BCUT2D eigenvalue weighted by molar-refractivity contribution is 6.23. The Bertz CT molecular complexity index is 3800. The first-order chi connectivity index (χ1) is 30.7. The number of nitrogens with zero attached hydrogens (tertiary/aromatic N) is 2. The van der Waals surface area contributed by atoms with Crippen LogP contribution in [0.3, 0.4) is 0 Å². The number of fused-ring (bicyclic) bond motifs is 7. The summed E-state index contributed by atoms with van der Waals surface area (Å²) in [6.45, 7) is 0. The molecule has 11 aromatic carbocycles. The van der Waals surface area contributed by atoms with Gasteiger partial charge in [0.2, 0.25) is 0 Å². The fourth-order valence-corrected chi connectivity index (χ4v) is 10.1. The third-order valence-electron chi connectivity index (χ3n) is 12.9. The lowest BCUT2D eigenvalue weighted by molar-refractivity contribution is 1.19. The van der Waals surface area contributed by atoms with E-state index in [4.69, 9.17) is 9.97 Å².